The minimum atomic E-state index is -3.81. The van der Waals surface area contributed by atoms with Gasteiger partial charge in [0.05, 0.1) is 23.5 Å². The fourth-order valence-corrected chi connectivity index (χ4v) is 3.82. The summed E-state index contributed by atoms with van der Waals surface area (Å²) in [6, 6.07) is 2.68. The molecule has 2 aromatic rings. The van der Waals surface area contributed by atoms with E-state index >= 15 is 0 Å². The fourth-order valence-electron chi connectivity index (χ4n) is 1.82. The topological polar surface area (TPSA) is 90.0 Å². The highest BCUT2D eigenvalue weighted by Crippen LogP contribution is 2.30. The number of nitrogens with zero attached hydrogens (tertiary/aromatic N) is 2. The van der Waals surface area contributed by atoms with E-state index in [0.717, 1.165) is 5.56 Å². The van der Waals surface area contributed by atoms with Gasteiger partial charge in [-0.15, -0.1) is 0 Å². The number of benzene rings is 1. The van der Waals surface area contributed by atoms with Gasteiger partial charge in [0.15, 0.2) is 0 Å². The number of nitrogens with two attached hydrogens (primary N) is 1. The van der Waals surface area contributed by atoms with Crippen molar-refractivity contribution < 1.29 is 8.42 Å². The smallest absolute Gasteiger partial charge is 0.244 e. The first-order valence-corrected chi connectivity index (χ1v) is 8.27. The van der Waals surface area contributed by atoms with Crippen molar-refractivity contribution in [2.45, 2.75) is 18.4 Å². The number of hydrogen-bond acceptors (Lipinski definition) is 4. The van der Waals surface area contributed by atoms with E-state index in [4.69, 9.17) is 28.9 Å². The molecule has 0 aliphatic carbocycles. The quantitative estimate of drug-likeness (QED) is 0.809. The van der Waals surface area contributed by atoms with Crippen molar-refractivity contribution in [3.8, 4) is 0 Å². The van der Waals surface area contributed by atoms with Crippen LogP contribution in [0.15, 0.2) is 29.4 Å². The maximum Gasteiger partial charge on any atom is 0.244 e. The van der Waals surface area contributed by atoms with Gasteiger partial charge in [-0.2, -0.15) is 5.10 Å². The third kappa shape index (κ3) is 3.88. The lowest BCUT2D eigenvalue weighted by atomic mass is 10.3. The van der Waals surface area contributed by atoms with Crippen LogP contribution in [0.5, 0.6) is 0 Å². The van der Waals surface area contributed by atoms with E-state index in [1.165, 1.54) is 12.1 Å². The Labute approximate surface area is 132 Å². The van der Waals surface area contributed by atoms with Crippen LogP contribution in [-0.4, -0.2) is 24.7 Å². The highest BCUT2D eigenvalue weighted by Gasteiger charge is 2.21. The molecule has 0 aliphatic heterocycles. The monoisotopic (exact) mass is 348 g/mol. The molecule has 0 radical (unpaired) electrons. The first-order chi connectivity index (χ1) is 9.79. The highest BCUT2D eigenvalue weighted by atomic mass is 35.5. The van der Waals surface area contributed by atoms with Crippen LogP contribution in [0, 0.1) is 6.92 Å². The summed E-state index contributed by atoms with van der Waals surface area (Å²) in [7, 11) is -3.81. The number of aromatic nitrogens is 2. The van der Waals surface area contributed by atoms with E-state index in [0.29, 0.717) is 6.54 Å². The number of halogens is 2. The first kappa shape index (κ1) is 16.1. The SMILES string of the molecule is Cc1cnn(CCNS(=O)(=O)c2c(N)cc(Cl)cc2Cl)c1. The molecule has 0 atom stereocenters. The van der Waals surface area contributed by atoms with Crippen molar-refractivity contribution in [3.63, 3.8) is 0 Å². The average molecular weight is 349 g/mol. The van der Waals surface area contributed by atoms with E-state index in [2.05, 4.69) is 9.82 Å². The zero-order valence-corrected chi connectivity index (χ0v) is 13.5. The van der Waals surface area contributed by atoms with Gasteiger partial charge in [0, 0.05) is 17.8 Å². The Balaban J connectivity index is 2.12. The summed E-state index contributed by atoms with van der Waals surface area (Å²) in [5.41, 5.74) is 6.70. The number of anilines is 1. The second-order valence-electron chi connectivity index (χ2n) is 4.48. The zero-order valence-electron chi connectivity index (χ0n) is 11.2. The Morgan fingerprint density at radius 3 is 2.67 bits per heavy atom. The third-order valence-electron chi connectivity index (χ3n) is 2.70. The molecule has 1 aromatic carbocycles. The minimum absolute atomic E-state index is 0.00920. The molecule has 114 valence electrons. The van der Waals surface area contributed by atoms with Gasteiger partial charge in [-0.05, 0) is 24.6 Å². The van der Waals surface area contributed by atoms with Crippen LogP contribution >= 0.6 is 23.2 Å². The van der Waals surface area contributed by atoms with Gasteiger partial charge in [-0.1, -0.05) is 23.2 Å². The molecule has 2 rings (SSSR count). The van der Waals surface area contributed by atoms with Crippen LogP contribution in [0.1, 0.15) is 5.56 Å². The van der Waals surface area contributed by atoms with Gasteiger partial charge in [-0.25, -0.2) is 13.1 Å². The van der Waals surface area contributed by atoms with Crippen molar-refractivity contribution in [2.75, 3.05) is 12.3 Å². The van der Waals surface area contributed by atoms with E-state index in [1.807, 2.05) is 13.1 Å². The Morgan fingerprint density at radius 2 is 2.10 bits per heavy atom. The molecule has 1 heterocycles. The van der Waals surface area contributed by atoms with Crippen LogP contribution in [0.3, 0.4) is 0 Å². The summed E-state index contributed by atoms with van der Waals surface area (Å²) in [6.07, 6.45) is 3.51. The lowest BCUT2D eigenvalue weighted by molar-refractivity contribution is 0.561. The standard InChI is InChI=1S/C12H14Cl2N4O2S/c1-8-6-16-18(7-8)3-2-17-21(19,20)12-10(14)4-9(13)5-11(12)15/h4-7,17H,2-3,15H2,1H3. The van der Waals surface area contributed by atoms with Gasteiger partial charge in [0.2, 0.25) is 10.0 Å². The molecular formula is C12H14Cl2N4O2S. The van der Waals surface area contributed by atoms with E-state index in [1.54, 1.807) is 10.9 Å². The molecule has 0 spiro atoms. The van der Waals surface area contributed by atoms with Crippen molar-refractivity contribution in [2.24, 2.45) is 0 Å². The number of sulfonamides is 1. The highest BCUT2D eigenvalue weighted by molar-refractivity contribution is 7.89. The second kappa shape index (κ2) is 6.23. The Hall–Kier alpha value is -1.28. The van der Waals surface area contributed by atoms with Crippen molar-refractivity contribution in [3.05, 3.63) is 40.1 Å². The largest absolute Gasteiger partial charge is 0.398 e. The summed E-state index contributed by atoms with van der Waals surface area (Å²) in [5.74, 6) is 0. The molecule has 1 aromatic heterocycles. The molecule has 0 saturated carbocycles. The number of rotatable bonds is 5. The number of hydrogen-bond donors (Lipinski definition) is 2. The van der Waals surface area contributed by atoms with Crippen LogP contribution in [0.4, 0.5) is 5.69 Å². The van der Waals surface area contributed by atoms with E-state index in [-0.39, 0.29) is 27.2 Å². The molecule has 21 heavy (non-hydrogen) atoms. The van der Waals surface area contributed by atoms with Crippen LogP contribution in [-0.2, 0) is 16.6 Å². The van der Waals surface area contributed by atoms with Gasteiger partial charge in [0.1, 0.15) is 4.90 Å². The van der Waals surface area contributed by atoms with Crippen LogP contribution < -0.4 is 10.5 Å². The van der Waals surface area contributed by atoms with E-state index in [9.17, 15) is 8.42 Å². The zero-order chi connectivity index (χ0) is 15.6. The third-order valence-corrected chi connectivity index (χ3v) is 4.91. The molecule has 3 N–H and O–H groups in total. The maximum absolute atomic E-state index is 12.2. The van der Waals surface area contributed by atoms with Gasteiger partial charge in [0.25, 0.3) is 0 Å². The predicted octanol–water partition coefficient (Wildman–Crippen LogP) is 2.06. The second-order valence-corrected chi connectivity index (χ2v) is 7.03. The number of aryl methyl sites for hydroxylation is 1. The van der Waals surface area contributed by atoms with E-state index < -0.39 is 10.0 Å². The first-order valence-electron chi connectivity index (χ1n) is 6.03. The molecule has 0 fully saturated rings. The van der Waals surface area contributed by atoms with Crippen molar-refractivity contribution in [1.82, 2.24) is 14.5 Å². The van der Waals surface area contributed by atoms with Crippen molar-refractivity contribution >= 4 is 38.9 Å². The molecular weight excluding hydrogens is 335 g/mol. The number of nitrogen functional groups attached to an aromatic ring is 1. The molecule has 0 aliphatic rings. The average Bonchev–Trinajstić information content (AvgIpc) is 2.72. The Kier molecular flexibility index (Phi) is 4.77. The Morgan fingerprint density at radius 1 is 1.38 bits per heavy atom. The molecule has 0 amide bonds. The summed E-state index contributed by atoms with van der Waals surface area (Å²) >= 11 is 11.7. The Bertz CT molecular complexity index is 735. The predicted molar refractivity (Wildman–Crippen MR) is 83.0 cm³/mol. The normalized spacial score (nSPS) is 11.8. The lowest BCUT2D eigenvalue weighted by Crippen LogP contribution is -2.28. The fraction of sp³-hybridized carbons (Fsp3) is 0.250. The van der Waals surface area contributed by atoms with Crippen molar-refractivity contribution in [1.29, 1.82) is 0 Å². The molecule has 0 bridgehead atoms. The molecule has 9 heteroatoms. The molecule has 6 nitrogen and oxygen atoms in total. The van der Waals surface area contributed by atoms with Crippen LogP contribution in [0.2, 0.25) is 10.0 Å². The minimum Gasteiger partial charge on any atom is -0.398 e. The molecule has 0 saturated heterocycles. The van der Waals surface area contributed by atoms with Crippen LogP contribution in [0.25, 0.3) is 0 Å². The van der Waals surface area contributed by atoms with Gasteiger partial charge >= 0.3 is 0 Å². The maximum atomic E-state index is 12.2. The van der Waals surface area contributed by atoms with Gasteiger partial charge in [-0.3, -0.25) is 4.68 Å². The summed E-state index contributed by atoms with van der Waals surface area (Å²) < 4.78 is 28.5. The van der Waals surface area contributed by atoms with Gasteiger partial charge < -0.3 is 5.73 Å². The molecule has 0 unspecified atom stereocenters. The summed E-state index contributed by atoms with van der Waals surface area (Å²) in [6.45, 7) is 2.47. The summed E-state index contributed by atoms with van der Waals surface area (Å²) in [5, 5.41) is 4.34. The summed E-state index contributed by atoms with van der Waals surface area (Å²) in [4.78, 5) is -0.162. The lowest BCUT2D eigenvalue weighted by Gasteiger charge is -2.11. The number of nitrogens with one attached hydrogen (secondary N) is 1.